The number of halogens is 2. The molecule has 0 aliphatic carbocycles. The fraction of sp³-hybridized carbons (Fsp3) is 0.250. The second-order valence-electron chi connectivity index (χ2n) is 3.53. The molecule has 2 nitrogen and oxygen atoms in total. The summed E-state index contributed by atoms with van der Waals surface area (Å²) in [7, 11) is 0. The average Bonchev–Trinajstić information content (AvgIpc) is 2.75. The van der Waals surface area contributed by atoms with E-state index in [1.807, 2.05) is 23.6 Å². The van der Waals surface area contributed by atoms with E-state index >= 15 is 0 Å². The second-order valence-corrected chi connectivity index (χ2v) is 5.80. The van der Waals surface area contributed by atoms with E-state index in [-0.39, 0.29) is 0 Å². The predicted octanol–water partition coefficient (Wildman–Crippen LogP) is 4.34. The Morgan fingerprint density at radius 2 is 2.29 bits per heavy atom. The summed E-state index contributed by atoms with van der Waals surface area (Å²) < 4.78 is 0.981. The first kappa shape index (κ1) is 13.0. The van der Waals surface area contributed by atoms with Crippen LogP contribution in [0.25, 0.3) is 11.3 Å². The van der Waals surface area contributed by atoms with Gasteiger partial charge in [-0.2, -0.15) is 0 Å². The molecule has 0 amide bonds. The van der Waals surface area contributed by atoms with Gasteiger partial charge in [0.15, 0.2) is 0 Å². The maximum Gasteiger partial charge on any atom is 0.107 e. The van der Waals surface area contributed by atoms with Crippen molar-refractivity contribution in [3.05, 3.63) is 38.1 Å². The van der Waals surface area contributed by atoms with Crippen molar-refractivity contribution in [1.82, 2.24) is 10.3 Å². The molecule has 1 heterocycles. The molecule has 1 aromatic heterocycles. The van der Waals surface area contributed by atoms with Crippen LogP contribution in [-0.2, 0) is 6.54 Å². The largest absolute Gasteiger partial charge is 0.311 e. The zero-order chi connectivity index (χ0) is 12.3. The zero-order valence-corrected chi connectivity index (χ0v) is 12.5. The molecule has 5 heteroatoms. The SMILES string of the molecule is CCNCc1nc(-c2ccc(Br)cc2Cl)cs1. The molecule has 0 aliphatic rings. The minimum atomic E-state index is 0.722. The van der Waals surface area contributed by atoms with Gasteiger partial charge in [-0.05, 0) is 18.7 Å². The lowest BCUT2D eigenvalue weighted by Crippen LogP contribution is -2.11. The molecule has 1 aromatic carbocycles. The maximum absolute atomic E-state index is 6.20. The van der Waals surface area contributed by atoms with E-state index in [0.29, 0.717) is 0 Å². The molecule has 2 aromatic rings. The molecule has 0 aliphatic heterocycles. The highest BCUT2D eigenvalue weighted by Gasteiger charge is 2.08. The summed E-state index contributed by atoms with van der Waals surface area (Å²) in [6.07, 6.45) is 0. The van der Waals surface area contributed by atoms with Crippen LogP contribution < -0.4 is 5.32 Å². The van der Waals surface area contributed by atoms with Crippen LogP contribution in [0.1, 0.15) is 11.9 Å². The van der Waals surface area contributed by atoms with E-state index in [9.17, 15) is 0 Å². The lowest BCUT2D eigenvalue weighted by molar-refractivity contribution is 0.723. The predicted molar refractivity (Wildman–Crippen MR) is 77.6 cm³/mol. The standard InChI is InChI=1S/C12H12BrClN2S/c1-2-15-6-12-16-11(7-17-12)9-4-3-8(13)5-10(9)14/h3-5,7,15H,2,6H2,1H3. The number of hydrogen-bond acceptors (Lipinski definition) is 3. The lowest BCUT2D eigenvalue weighted by atomic mass is 10.2. The van der Waals surface area contributed by atoms with Crippen LogP contribution in [0.3, 0.4) is 0 Å². The monoisotopic (exact) mass is 330 g/mol. The molecule has 0 saturated heterocycles. The Labute approximate surface area is 118 Å². The Morgan fingerprint density at radius 3 is 3.00 bits per heavy atom. The molecule has 1 N–H and O–H groups in total. The number of thiazole rings is 1. The van der Waals surface area contributed by atoms with E-state index in [1.54, 1.807) is 11.3 Å². The smallest absolute Gasteiger partial charge is 0.107 e. The highest BCUT2D eigenvalue weighted by atomic mass is 79.9. The molecule has 0 atom stereocenters. The Hall–Kier alpha value is -0.420. The van der Waals surface area contributed by atoms with E-state index < -0.39 is 0 Å². The number of aromatic nitrogens is 1. The molecule has 0 fully saturated rings. The molecular weight excluding hydrogens is 320 g/mol. The van der Waals surface area contributed by atoms with Crippen molar-refractivity contribution in [3.63, 3.8) is 0 Å². The molecule has 0 unspecified atom stereocenters. The Kier molecular flexibility index (Phi) is 4.56. The number of hydrogen-bond donors (Lipinski definition) is 1. The second kappa shape index (κ2) is 5.96. The van der Waals surface area contributed by atoms with Gasteiger partial charge in [0, 0.05) is 22.0 Å². The number of nitrogens with zero attached hydrogens (tertiary/aromatic N) is 1. The summed E-state index contributed by atoms with van der Waals surface area (Å²) >= 11 is 11.2. The quantitative estimate of drug-likeness (QED) is 0.901. The first-order valence-corrected chi connectivity index (χ1v) is 7.36. The van der Waals surface area contributed by atoms with E-state index in [2.05, 4.69) is 33.2 Å². The van der Waals surface area contributed by atoms with Gasteiger partial charge in [0.25, 0.3) is 0 Å². The molecule has 17 heavy (non-hydrogen) atoms. The highest BCUT2D eigenvalue weighted by molar-refractivity contribution is 9.10. The normalized spacial score (nSPS) is 10.8. The highest BCUT2D eigenvalue weighted by Crippen LogP contribution is 2.31. The summed E-state index contributed by atoms with van der Waals surface area (Å²) in [4.78, 5) is 4.56. The van der Waals surface area contributed by atoms with E-state index in [4.69, 9.17) is 11.6 Å². The van der Waals surface area contributed by atoms with Gasteiger partial charge in [-0.3, -0.25) is 0 Å². The van der Waals surface area contributed by atoms with Gasteiger partial charge in [0.2, 0.25) is 0 Å². The average molecular weight is 332 g/mol. The fourth-order valence-corrected chi connectivity index (χ4v) is 2.98. The molecule has 90 valence electrons. The van der Waals surface area contributed by atoms with Crippen LogP contribution in [0.5, 0.6) is 0 Å². The molecule has 0 saturated carbocycles. The van der Waals surface area contributed by atoms with Gasteiger partial charge in [-0.1, -0.05) is 40.5 Å². The minimum Gasteiger partial charge on any atom is -0.311 e. The van der Waals surface area contributed by atoms with E-state index in [0.717, 1.165) is 38.8 Å². The van der Waals surface area contributed by atoms with Crippen molar-refractivity contribution in [1.29, 1.82) is 0 Å². The Bertz CT molecular complexity index is 513. The number of benzene rings is 1. The van der Waals surface area contributed by atoms with Crippen LogP contribution in [-0.4, -0.2) is 11.5 Å². The number of rotatable bonds is 4. The lowest BCUT2D eigenvalue weighted by Gasteiger charge is -2.01. The minimum absolute atomic E-state index is 0.722. The summed E-state index contributed by atoms with van der Waals surface area (Å²) in [5, 5.41) is 7.11. The third kappa shape index (κ3) is 3.28. The molecular formula is C12H12BrClN2S. The molecule has 0 bridgehead atoms. The Balaban J connectivity index is 2.24. The first-order valence-electron chi connectivity index (χ1n) is 5.31. The van der Waals surface area contributed by atoms with Crippen molar-refractivity contribution < 1.29 is 0 Å². The van der Waals surface area contributed by atoms with Gasteiger partial charge in [0.05, 0.1) is 10.7 Å². The third-order valence-electron chi connectivity index (χ3n) is 2.29. The van der Waals surface area contributed by atoms with Crippen molar-refractivity contribution >= 4 is 38.9 Å². The maximum atomic E-state index is 6.20. The summed E-state index contributed by atoms with van der Waals surface area (Å²) in [5.41, 5.74) is 1.93. The molecule has 0 spiro atoms. The van der Waals surface area contributed by atoms with Crippen LogP contribution >= 0.6 is 38.9 Å². The Morgan fingerprint density at radius 1 is 1.47 bits per heavy atom. The van der Waals surface area contributed by atoms with Crippen molar-refractivity contribution in [3.8, 4) is 11.3 Å². The topological polar surface area (TPSA) is 24.9 Å². The molecule has 2 rings (SSSR count). The van der Waals surface area contributed by atoms with Gasteiger partial charge >= 0.3 is 0 Å². The van der Waals surface area contributed by atoms with Crippen molar-refractivity contribution in [2.75, 3.05) is 6.54 Å². The molecule has 0 radical (unpaired) electrons. The van der Waals surface area contributed by atoms with Crippen molar-refractivity contribution in [2.24, 2.45) is 0 Å². The summed E-state index contributed by atoms with van der Waals surface area (Å²) in [6, 6.07) is 5.85. The van der Waals surface area contributed by atoms with Gasteiger partial charge in [0.1, 0.15) is 5.01 Å². The van der Waals surface area contributed by atoms with Crippen LogP contribution in [0.2, 0.25) is 5.02 Å². The number of nitrogens with one attached hydrogen (secondary N) is 1. The van der Waals surface area contributed by atoms with Crippen LogP contribution in [0.15, 0.2) is 28.1 Å². The first-order chi connectivity index (χ1) is 8.20. The van der Waals surface area contributed by atoms with E-state index in [1.165, 1.54) is 0 Å². The van der Waals surface area contributed by atoms with Gasteiger partial charge in [-0.15, -0.1) is 11.3 Å². The van der Waals surface area contributed by atoms with Crippen LogP contribution in [0.4, 0.5) is 0 Å². The summed E-state index contributed by atoms with van der Waals surface area (Å²) in [6.45, 7) is 3.85. The van der Waals surface area contributed by atoms with Crippen LogP contribution in [0, 0.1) is 0 Å². The van der Waals surface area contributed by atoms with Gasteiger partial charge in [-0.25, -0.2) is 4.98 Å². The summed E-state index contributed by atoms with van der Waals surface area (Å²) in [5.74, 6) is 0. The fourth-order valence-electron chi connectivity index (χ4n) is 1.44. The van der Waals surface area contributed by atoms with Gasteiger partial charge < -0.3 is 5.32 Å². The third-order valence-corrected chi connectivity index (χ3v) is 3.94. The van der Waals surface area contributed by atoms with Crippen molar-refractivity contribution in [2.45, 2.75) is 13.5 Å². The zero-order valence-electron chi connectivity index (χ0n) is 9.34.